The zero-order chi connectivity index (χ0) is 18.7. The number of hydrogen-bond acceptors (Lipinski definition) is 3. The van der Waals surface area contributed by atoms with Gasteiger partial charge in [0.05, 0.1) is 23.4 Å². The molecule has 0 amide bonds. The quantitative estimate of drug-likeness (QED) is 0.234. The van der Waals surface area contributed by atoms with E-state index in [0.29, 0.717) is 5.56 Å². The summed E-state index contributed by atoms with van der Waals surface area (Å²) < 4.78 is 7.18. The van der Waals surface area contributed by atoms with Crippen molar-refractivity contribution < 1.29 is 14.1 Å². The average molecular weight is 372 g/mol. The smallest absolute Gasteiger partial charge is 0.337 e. The maximum Gasteiger partial charge on any atom is 0.337 e. The lowest BCUT2D eigenvalue weighted by atomic mass is 9.97. The largest absolute Gasteiger partial charge is 0.465 e. The van der Waals surface area contributed by atoms with Crippen LogP contribution in [0.1, 0.15) is 15.9 Å². The minimum absolute atomic E-state index is 0.303. The second-order valence-electron chi connectivity index (χ2n) is 6.91. The normalized spacial score (nSPS) is 12.3. The van der Waals surface area contributed by atoms with E-state index < -0.39 is 0 Å². The number of nitrogens with zero attached hydrogens (tertiary/aromatic N) is 1. The average Bonchev–Trinajstić information content (AvgIpc) is 2.70. The summed E-state index contributed by atoms with van der Waals surface area (Å²) in [6.45, 7) is 2.12. The number of hydrogen-bond donors (Lipinski definition) is 0. The van der Waals surface area contributed by atoms with Gasteiger partial charge in [0.2, 0.25) is 11.0 Å². The number of ether oxygens (including phenoxy) is 1. The standard InChI is InChI=1S/C23H18NO2S/c1-13-7-9-17-19(11-13)24(2)18-6-4-5-16-15-10-8-14(23(25)26-3)12-20(15)27-22(17)21(16)18/h4-12H,1-3H3/q+1. The minimum Gasteiger partial charge on any atom is -0.465 e. The van der Waals surface area contributed by atoms with Crippen LogP contribution in [0.25, 0.3) is 32.9 Å². The van der Waals surface area contributed by atoms with Gasteiger partial charge in [0.15, 0.2) is 0 Å². The van der Waals surface area contributed by atoms with Gasteiger partial charge in [-0.2, -0.15) is 4.57 Å². The van der Waals surface area contributed by atoms with Gasteiger partial charge in [0.1, 0.15) is 7.05 Å². The molecule has 27 heavy (non-hydrogen) atoms. The molecule has 0 saturated carbocycles. The first kappa shape index (κ1) is 16.3. The number of aromatic nitrogens is 1. The highest BCUT2D eigenvalue weighted by Crippen LogP contribution is 2.49. The van der Waals surface area contributed by atoms with Crippen LogP contribution in [0.4, 0.5) is 0 Å². The molecule has 5 rings (SSSR count). The topological polar surface area (TPSA) is 30.2 Å². The van der Waals surface area contributed by atoms with E-state index in [9.17, 15) is 4.79 Å². The Balaban J connectivity index is 1.90. The third-order valence-corrected chi connectivity index (χ3v) is 6.48. The number of rotatable bonds is 1. The van der Waals surface area contributed by atoms with E-state index in [1.54, 1.807) is 11.8 Å². The molecule has 0 unspecified atom stereocenters. The fourth-order valence-electron chi connectivity index (χ4n) is 3.95. The van der Waals surface area contributed by atoms with E-state index in [0.717, 1.165) is 10.5 Å². The molecule has 4 heteroatoms. The molecule has 0 radical (unpaired) electrons. The van der Waals surface area contributed by atoms with Gasteiger partial charge in [0.25, 0.3) is 0 Å². The fourth-order valence-corrected chi connectivity index (χ4v) is 5.24. The number of aryl methyl sites for hydroxylation is 2. The molecule has 0 N–H and O–H groups in total. The Labute approximate surface area is 161 Å². The van der Waals surface area contributed by atoms with Gasteiger partial charge < -0.3 is 4.74 Å². The molecule has 0 aliphatic carbocycles. The minimum atomic E-state index is -0.303. The third kappa shape index (κ3) is 2.30. The molecule has 0 saturated heterocycles. The Bertz CT molecular complexity index is 1280. The molecule has 1 aromatic heterocycles. The number of pyridine rings is 1. The summed E-state index contributed by atoms with van der Waals surface area (Å²) in [5.74, 6) is -0.303. The zero-order valence-electron chi connectivity index (χ0n) is 15.4. The number of methoxy groups -OCH3 is 1. The van der Waals surface area contributed by atoms with Crippen LogP contribution < -0.4 is 4.57 Å². The second kappa shape index (κ2) is 5.83. The lowest BCUT2D eigenvalue weighted by Crippen LogP contribution is -2.30. The van der Waals surface area contributed by atoms with Gasteiger partial charge in [-0.1, -0.05) is 36.0 Å². The van der Waals surface area contributed by atoms with Crippen LogP contribution in [-0.4, -0.2) is 13.1 Å². The summed E-state index contributed by atoms with van der Waals surface area (Å²) in [5, 5.41) is 2.52. The molecule has 0 atom stereocenters. The molecule has 132 valence electrons. The van der Waals surface area contributed by atoms with Gasteiger partial charge in [-0.25, -0.2) is 4.79 Å². The number of carbonyl (C=O) groups excluding carboxylic acids is 1. The summed E-state index contributed by atoms with van der Waals surface area (Å²) in [5.41, 5.74) is 6.64. The molecular weight excluding hydrogens is 354 g/mol. The van der Waals surface area contributed by atoms with Gasteiger partial charge in [0, 0.05) is 21.9 Å². The van der Waals surface area contributed by atoms with E-state index in [1.807, 2.05) is 18.2 Å². The van der Waals surface area contributed by atoms with Crippen molar-refractivity contribution in [2.24, 2.45) is 7.05 Å². The summed E-state index contributed by atoms with van der Waals surface area (Å²) in [4.78, 5) is 14.3. The van der Waals surface area contributed by atoms with Crippen LogP contribution in [0.3, 0.4) is 0 Å². The lowest BCUT2D eigenvalue weighted by molar-refractivity contribution is -0.617. The SMILES string of the molecule is COC(=O)c1ccc2c(c1)Sc1c3ccc(C)cc3[n+](C)c3cccc-2c13. The van der Waals surface area contributed by atoms with Crippen molar-refractivity contribution in [2.45, 2.75) is 16.7 Å². The fraction of sp³-hybridized carbons (Fsp3) is 0.130. The van der Waals surface area contributed by atoms with Crippen LogP contribution in [0.5, 0.6) is 0 Å². The van der Waals surface area contributed by atoms with Crippen LogP contribution in [0, 0.1) is 6.92 Å². The predicted octanol–water partition coefficient (Wildman–Crippen LogP) is 5.04. The third-order valence-electron chi connectivity index (χ3n) is 5.29. The second-order valence-corrected chi connectivity index (χ2v) is 7.97. The highest BCUT2D eigenvalue weighted by molar-refractivity contribution is 8.00. The van der Waals surface area contributed by atoms with Gasteiger partial charge >= 0.3 is 5.97 Å². The van der Waals surface area contributed by atoms with Gasteiger partial charge in [-0.05, 0) is 41.8 Å². The summed E-state index contributed by atoms with van der Waals surface area (Å²) in [7, 11) is 3.55. The molecule has 0 fully saturated rings. The van der Waals surface area contributed by atoms with Gasteiger partial charge in [-0.3, -0.25) is 0 Å². The Morgan fingerprint density at radius 3 is 2.67 bits per heavy atom. The van der Waals surface area contributed by atoms with Crippen LogP contribution >= 0.6 is 11.8 Å². The van der Waals surface area contributed by atoms with E-state index in [1.165, 1.54) is 44.9 Å². The maximum atomic E-state index is 12.0. The van der Waals surface area contributed by atoms with Crippen LogP contribution in [0.15, 0.2) is 64.4 Å². The van der Waals surface area contributed by atoms with E-state index in [2.05, 4.69) is 54.9 Å². The first-order chi connectivity index (χ1) is 13.1. The molecule has 0 bridgehead atoms. The molecule has 3 nitrogen and oxygen atoms in total. The molecule has 3 aromatic carbocycles. The Kier molecular flexibility index (Phi) is 3.52. The van der Waals surface area contributed by atoms with Crippen molar-refractivity contribution >= 4 is 39.5 Å². The number of benzene rings is 3. The number of esters is 1. The Hall–Kier alpha value is -2.85. The molecule has 2 heterocycles. The first-order valence-corrected chi connectivity index (χ1v) is 9.66. The van der Waals surface area contributed by atoms with Crippen molar-refractivity contribution in [1.82, 2.24) is 0 Å². The number of fused-ring (bicyclic) bond motifs is 4. The predicted molar refractivity (Wildman–Crippen MR) is 108 cm³/mol. The van der Waals surface area contributed by atoms with Crippen molar-refractivity contribution in [3.63, 3.8) is 0 Å². The molecular formula is C23H18NO2S+. The van der Waals surface area contributed by atoms with Gasteiger partial charge in [-0.15, -0.1) is 0 Å². The van der Waals surface area contributed by atoms with Crippen LogP contribution in [0.2, 0.25) is 0 Å². The van der Waals surface area contributed by atoms with E-state index in [4.69, 9.17) is 4.74 Å². The van der Waals surface area contributed by atoms with E-state index >= 15 is 0 Å². The Morgan fingerprint density at radius 2 is 1.85 bits per heavy atom. The summed E-state index contributed by atoms with van der Waals surface area (Å²) >= 11 is 1.74. The molecule has 4 aromatic rings. The van der Waals surface area contributed by atoms with Crippen molar-refractivity contribution in [3.05, 3.63) is 65.7 Å². The Morgan fingerprint density at radius 1 is 1.00 bits per heavy atom. The lowest BCUT2D eigenvalue weighted by Gasteiger charge is -2.21. The monoisotopic (exact) mass is 372 g/mol. The molecule has 0 spiro atoms. The van der Waals surface area contributed by atoms with Crippen molar-refractivity contribution in [1.29, 1.82) is 0 Å². The zero-order valence-corrected chi connectivity index (χ0v) is 16.2. The highest BCUT2D eigenvalue weighted by Gasteiger charge is 2.27. The van der Waals surface area contributed by atoms with Crippen molar-refractivity contribution in [3.8, 4) is 11.1 Å². The summed E-state index contributed by atoms with van der Waals surface area (Å²) in [6.07, 6.45) is 0. The maximum absolute atomic E-state index is 12.0. The number of carbonyl (C=O) groups is 1. The van der Waals surface area contributed by atoms with Crippen LogP contribution in [-0.2, 0) is 11.8 Å². The first-order valence-electron chi connectivity index (χ1n) is 8.84. The highest BCUT2D eigenvalue weighted by atomic mass is 32.2. The van der Waals surface area contributed by atoms with E-state index in [-0.39, 0.29) is 5.97 Å². The van der Waals surface area contributed by atoms with Crippen molar-refractivity contribution in [2.75, 3.05) is 7.11 Å². The molecule has 1 aliphatic rings. The summed E-state index contributed by atoms with van der Waals surface area (Å²) in [6, 6.07) is 18.9. The molecule has 1 aliphatic heterocycles.